The van der Waals surface area contributed by atoms with E-state index >= 15 is 0 Å². The highest BCUT2D eigenvalue weighted by molar-refractivity contribution is 7.98. The summed E-state index contributed by atoms with van der Waals surface area (Å²) in [5.41, 5.74) is 0. The third kappa shape index (κ3) is 6.22. The van der Waals surface area contributed by atoms with Crippen molar-refractivity contribution in [2.24, 2.45) is 0 Å². The van der Waals surface area contributed by atoms with Gasteiger partial charge >= 0.3 is 12.0 Å². The third-order valence-electron chi connectivity index (χ3n) is 1.91. The van der Waals surface area contributed by atoms with Crippen molar-refractivity contribution < 1.29 is 14.7 Å². The van der Waals surface area contributed by atoms with Gasteiger partial charge in [0.2, 0.25) is 0 Å². The Balaban J connectivity index is 3.95. The van der Waals surface area contributed by atoms with Crippen LogP contribution in [0.5, 0.6) is 0 Å². The lowest BCUT2D eigenvalue weighted by Gasteiger charge is -2.17. The monoisotopic (exact) mass is 234 g/mol. The van der Waals surface area contributed by atoms with Gasteiger partial charge in [-0.2, -0.15) is 11.8 Å². The Morgan fingerprint density at radius 2 is 2.00 bits per heavy atom. The van der Waals surface area contributed by atoms with E-state index < -0.39 is 18.0 Å². The summed E-state index contributed by atoms with van der Waals surface area (Å²) < 4.78 is 0. The second kappa shape index (κ2) is 7.39. The van der Waals surface area contributed by atoms with E-state index in [1.54, 1.807) is 11.8 Å². The Morgan fingerprint density at radius 3 is 2.40 bits per heavy atom. The zero-order valence-electron chi connectivity index (χ0n) is 9.24. The van der Waals surface area contributed by atoms with E-state index in [9.17, 15) is 9.59 Å². The Labute approximate surface area is 94.0 Å². The molecule has 0 aromatic rings. The number of urea groups is 1. The molecule has 0 aromatic carbocycles. The second-order valence-electron chi connectivity index (χ2n) is 3.24. The molecule has 0 bridgehead atoms. The smallest absolute Gasteiger partial charge is 0.325 e. The van der Waals surface area contributed by atoms with Crippen LogP contribution in [0.25, 0.3) is 0 Å². The lowest BCUT2D eigenvalue weighted by Crippen LogP contribution is -2.48. The van der Waals surface area contributed by atoms with E-state index in [1.807, 2.05) is 13.2 Å². The first-order valence-electron chi connectivity index (χ1n) is 4.80. The molecular weight excluding hydrogens is 216 g/mol. The molecule has 15 heavy (non-hydrogen) atoms. The molecule has 0 aliphatic carbocycles. The molecular formula is C9H18N2O3S. The van der Waals surface area contributed by atoms with Gasteiger partial charge in [-0.15, -0.1) is 0 Å². The number of carbonyl (C=O) groups excluding carboxylic acids is 1. The van der Waals surface area contributed by atoms with Gasteiger partial charge in [0.15, 0.2) is 0 Å². The molecule has 0 radical (unpaired) electrons. The maximum Gasteiger partial charge on any atom is 0.325 e. The Kier molecular flexibility index (Phi) is 6.94. The zero-order chi connectivity index (χ0) is 11.8. The van der Waals surface area contributed by atoms with Gasteiger partial charge in [-0.1, -0.05) is 6.92 Å². The predicted molar refractivity (Wildman–Crippen MR) is 61.2 cm³/mol. The molecule has 2 atom stereocenters. The first kappa shape index (κ1) is 14.1. The molecule has 6 heteroatoms. The van der Waals surface area contributed by atoms with Gasteiger partial charge < -0.3 is 15.7 Å². The molecule has 0 fully saturated rings. The molecule has 3 N–H and O–H groups in total. The van der Waals surface area contributed by atoms with Gasteiger partial charge in [-0.05, 0) is 19.6 Å². The van der Waals surface area contributed by atoms with Crippen LogP contribution < -0.4 is 10.6 Å². The van der Waals surface area contributed by atoms with Crippen molar-refractivity contribution in [1.29, 1.82) is 0 Å². The SMILES string of the molecule is CCC(CSC)NC(=O)N[C@@H](C)C(=O)O. The fraction of sp³-hybridized carbons (Fsp3) is 0.778. The third-order valence-corrected chi connectivity index (χ3v) is 2.65. The molecule has 2 amide bonds. The standard InChI is InChI=1S/C9H18N2O3S/c1-4-7(5-15-3)11-9(14)10-6(2)8(12)13/h6-7H,4-5H2,1-3H3,(H,12,13)(H2,10,11,14)/t6-,7?/m0/s1. The van der Waals surface area contributed by atoms with Crippen molar-refractivity contribution >= 4 is 23.8 Å². The zero-order valence-corrected chi connectivity index (χ0v) is 10.1. The minimum absolute atomic E-state index is 0.0843. The highest BCUT2D eigenvalue weighted by atomic mass is 32.2. The van der Waals surface area contributed by atoms with Gasteiger partial charge in [-0.25, -0.2) is 4.79 Å². The van der Waals surface area contributed by atoms with Gasteiger partial charge in [0.05, 0.1) is 0 Å². The highest BCUT2D eigenvalue weighted by Gasteiger charge is 2.15. The van der Waals surface area contributed by atoms with Gasteiger partial charge in [0, 0.05) is 11.8 Å². The van der Waals surface area contributed by atoms with Crippen molar-refractivity contribution in [2.45, 2.75) is 32.4 Å². The lowest BCUT2D eigenvalue weighted by atomic mass is 10.2. The maximum atomic E-state index is 11.3. The predicted octanol–water partition coefficient (Wildman–Crippen LogP) is 0.900. The minimum Gasteiger partial charge on any atom is -0.480 e. The van der Waals surface area contributed by atoms with Crippen LogP contribution in [-0.4, -0.2) is 41.2 Å². The molecule has 0 rings (SSSR count). The van der Waals surface area contributed by atoms with Crippen LogP contribution in [0.4, 0.5) is 4.79 Å². The van der Waals surface area contributed by atoms with E-state index in [4.69, 9.17) is 5.11 Å². The summed E-state index contributed by atoms with van der Waals surface area (Å²) in [7, 11) is 0. The number of amides is 2. The molecule has 0 spiro atoms. The number of nitrogens with one attached hydrogen (secondary N) is 2. The summed E-state index contributed by atoms with van der Waals surface area (Å²) in [5.74, 6) is -0.214. The Morgan fingerprint density at radius 1 is 1.40 bits per heavy atom. The summed E-state index contributed by atoms with van der Waals surface area (Å²) in [6.45, 7) is 3.40. The molecule has 88 valence electrons. The van der Waals surface area contributed by atoms with Crippen LogP contribution in [0.3, 0.4) is 0 Å². The lowest BCUT2D eigenvalue weighted by molar-refractivity contribution is -0.138. The number of carbonyl (C=O) groups is 2. The number of thioether (sulfide) groups is 1. The fourth-order valence-electron chi connectivity index (χ4n) is 0.948. The molecule has 0 aromatic heterocycles. The average molecular weight is 234 g/mol. The van der Waals surface area contributed by atoms with Crippen molar-refractivity contribution in [1.82, 2.24) is 10.6 Å². The molecule has 0 saturated carbocycles. The average Bonchev–Trinajstić information content (AvgIpc) is 2.16. The van der Waals surface area contributed by atoms with E-state index in [-0.39, 0.29) is 6.04 Å². The van der Waals surface area contributed by atoms with Crippen molar-refractivity contribution in [3.63, 3.8) is 0 Å². The van der Waals surface area contributed by atoms with Crippen LogP contribution in [-0.2, 0) is 4.79 Å². The normalized spacial score (nSPS) is 14.1. The number of hydrogen-bond donors (Lipinski definition) is 3. The van der Waals surface area contributed by atoms with E-state index in [1.165, 1.54) is 6.92 Å². The largest absolute Gasteiger partial charge is 0.480 e. The number of carboxylic acid groups (broad SMARTS) is 1. The fourth-order valence-corrected chi connectivity index (χ4v) is 1.67. The Bertz CT molecular complexity index is 223. The van der Waals surface area contributed by atoms with Crippen LogP contribution in [0, 0.1) is 0 Å². The maximum absolute atomic E-state index is 11.3. The van der Waals surface area contributed by atoms with Crippen molar-refractivity contribution in [3.05, 3.63) is 0 Å². The summed E-state index contributed by atoms with van der Waals surface area (Å²) in [6.07, 6.45) is 2.79. The summed E-state index contributed by atoms with van der Waals surface area (Å²) in [6, 6.07) is -1.21. The molecule has 5 nitrogen and oxygen atoms in total. The Hall–Kier alpha value is -0.910. The number of hydrogen-bond acceptors (Lipinski definition) is 3. The van der Waals surface area contributed by atoms with Gasteiger partial charge in [-0.3, -0.25) is 4.79 Å². The number of aliphatic carboxylic acids is 1. The molecule has 0 aliphatic heterocycles. The summed E-state index contributed by atoms with van der Waals surface area (Å²) >= 11 is 1.64. The van der Waals surface area contributed by atoms with Crippen LogP contribution in [0.15, 0.2) is 0 Å². The van der Waals surface area contributed by atoms with Crippen LogP contribution in [0.2, 0.25) is 0 Å². The molecule has 0 saturated heterocycles. The van der Waals surface area contributed by atoms with Crippen LogP contribution >= 0.6 is 11.8 Å². The van der Waals surface area contributed by atoms with E-state index in [0.29, 0.717) is 0 Å². The van der Waals surface area contributed by atoms with Crippen LogP contribution in [0.1, 0.15) is 20.3 Å². The number of carboxylic acids is 1. The molecule has 1 unspecified atom stereocenters. The number of rotatable bonds is 6. The highest BCUT2D eigenvalue weighted by Crippen LogP contribution is 2.00. The first-order chi connectivity index (χ1) is 7.01. The van der Waals surface area contributed by atoms with Crippen molar-refractivity contribution in [2.75, 3.05) is 12.0 Å². The molecule has 0 aliphatic rings. The minimum atomic E-state index is -1.04. The molecule has 0 heterocycles. The topological polar surface area (TPSA) is 78.4 Å². The van der Waals surface area contributed by atoms with Crippen molar-refractivity contribution in [3.8, 4) is 0 Å². The summed E-state index contributed by atoms with van der Waals surface area (Å²) in [5, 5.41) is 13.6. The second-order valence-corrected chi connectivity index (χ2v) is 4.15. The van der Waals surface area contributed by atoms with E-state index in [2.05, 4.69) is 10.6 Å². The first-order valence-corrected chi connectivity index (χ1v) is 6.19. The summed E-state index contributed by atoms with van der Waals surface area (Å²) in [4.78, 5) is 21.8. The van der Waals surface area contributed by atoms with Gasteiger partial charge in [0.1, 0.15) is 6.04 Å². The van der Waals surface area contributed by atoms with Gasteiger partial charge in [0.25, 0.3) is 0 Å². The van der Waals surface area contributed by atoms with E-state index in [0.717, 1.165) is 12.2 Å². The quantitative estimate of drug-likeness (QED) is 0.638.